The van der Waals surface area contributed by atoms with Crippen LogP contribution in [0.3, 0.4) is 0 Å². The molecule has 0 aliphatic heterocycles. The molecule has 0 aliphatic carbocycles. The van der Waals surface area contributed by atoms with Gasteiger partial charge in [-0.15, -0.1) is 10.2 Å². The van der Waals surface area contributed by atoms with E-state index in [1.54, 1.807) is 36.4 Å². The Labute approximate surface area is 257 Å². The lowest BCUT2D eigenvalue weighted by atomic mass is 10.0. The molecule has 0 aliphatic rings. The Morgan fingerprint density at radius 1 is 0.952 bits per heavy atom. The number of aryl methyl sites for hydroxylation is 1. The van der Waals surface area contributed by atoms with Gasteiger partial charge < -0.3 is 5.32 Å². The van der Waals surface area contributed by atoms with E-state index in [1.165, 1.54) is 17.8 Å². The number of sulfonamides is 1. The largest absolute Gasteiger partial charge is 0.325 e. The van der Waals surface area contributed by atoms with Crippen molar-refractivity contribution in [2.45, 2.75) is 63.1 Å². The van der Waals surface area contributed by atoms with Gasteiger partial charge in [0.1, 0.15) is 0 Å². The van der Waals surface area contributed by atoms with Crippen LogP contribution in [0.15, 0.2) is 82.8 Å². The molecule has 2 N–H and O–H groups in total. The fourth-order valence-electron chi connectivity index (χ4n) is 4.50. The minimum absolute atomic E-state index is 0.0252. The fourth-order valence-corrected chi connectivity index (χ4v) is 6.70. The smallest absolute Gasteiger partial charge is 0.261 e. The van der Waals surface area contributed by atoms with Crippen LogP contribution in [0.4, 0.5) is 11.4 Å². The van der Waals surface area contributed by atoms with Crippen molar-refractivity contribution in [3.8, 4) is 11.4 Å². The van der Waals surface area contributed by atoms with Crippen molar-refractivity contribution in [2.75, 3.05) is 15.8 Å². The van der Waals surface area contributed by atoms with E-state index in [0.717, 1.165) is 30.5 Å². The number of carbonyl (C=O) groups is 1. The standard InChI is InChI=1S/C31H36ClN5O3S2/c1-21(2)11-9-13-23(4)37-30(34-35-31(37)41-20-29(38)33-27-17-7-5-12-22(27)3)24-14-10-15-25(19-24)42(39,40)36-28-18-8-6-16-26(28)32/h5-8,10,12,14-19,21,23,36H,9,11,13,20H2,1-4H3,(H,33,38). The first-order chi connectivity index (χ1) is 20.0. The number of halogens is 1. The van der Waals surface area contributed by atoms with Gasteiger partial charge >= 0.3 is 0 Å². The highest BCUT2D eigenvalue weighted by molar-refractivity contribution is 7.99. The number of benzene rings is 3. The van der Waals surface area contributed by atoms with Crippen molar-refractivity contribution in [1.82, 2.24) is 14.8 Å². The highest BCUT2D eigenvalue weighted by Crippen LogP contribution is 2.32. The molecule has 1 aromatic heterocycles. The summed E-state index contributed by atoms with van der Waals surface area (Å²) in [5.41, 5.74) is 2.67. The minimum atomic E-state index is -3.92. The molecular formula is C31H36ClN5O3S2. The Morgan fingerprint density at radius 3 is 2.38 bits per heavy atom. The second-order valence-corrected chi connectivity index (χ2v) is 13.6. The van der Waals surface area contributed by atoms with Gasteiger partial charge in [-0.3, -0.25) is 14.1 Å². The molecule has 42 heavy (non-hydrogen) atoms. The molecule has 11 heteroatoms. The summed E-state index contributed by atoms with van der Waals surface area (Å²) in [5, 5.41) is 12.8. The number of nitrogens with zero attached hydrogens (tertiary/aromatic N) is 3. The summed E-state index contributed by atoms with van der Waals surface area (Å²) >= 11 is 7.50. The monoisotopic (exact) mass is 625 g/mol. The first-order valence-corrected chi connectivity index (χ1v) is 16.7. The molecule has 0 spiro atoms. The number of carbonyl (C=O) groups excluding carboxylic acids is 1. The molecule has 8 nitrogen and oxygen atoms in total. The maximum absolute atomic E-state index is 13.3. The lowest BCUT2D eigenvalue weighted by Crippen LogP contribution is -2.16. The fraction of sp³-hybridized carbons (Fsp3) is 0.323. The van der Waals surface area contributed by atoms with Gasteiger partial charge in [0.25, 0.3) is 10.0 Å². The topological polar surface area (TPSA) is 106 Å². The number of thioether (sulfide) groups is 1. The van der Waals surface area contributed by atoms with Crippen LogP contribution in [0, 0.1) is 12.8 Å². The van der Waals surface area contributed by atoms with Gasteiger partial charge in [0.2, 0.25) is 5.91 Å². The first kappa shape index (κ1) is 31.6. The summed E-state index contributed by atoms with van der Waals surface area (Å²) in [6.07, 6.45) is 2.99. The van der Waals surface area contributed by atoms with Gasteiger partial charge in [0.15, 0.2) is 11.0 Å². The van der Waals surface area contributed by atoms with Gasteiger partial charge in [0, 0.05) is 17.3 Å². The number of aromatic nitrogens is 3. The Kier molecular flexibility index (Phi) is 10.7. The molecule has 3 aromatic carbocycles. The van der Waals surface area contributed by atoms with Gasteiger partial charge in [-0.25, -0.2) is 8.42 Å². The van der Waals surface area contributed by atoms with E-state index in [9.17, 15) is 13.2 Å². The molecule has 0 bridgehead atoms. The summed E-state index contributed by atoms with van der Waals surface area (Å²) in [5.74, 6) is 1.14. The van der Waals surface area contributed by atoms with Crippen molar-refractivity contribution in [3.05, 3.63) is 83.4 Å². The van der Waals surface area contributed by atoms with Gasteiger partial charge in [-0.05, 0) is 62.1 Å². The average molecular weight is 626 g/mol. The lowest BCUT2D eigenvalue weighted by molar-refractivity contribution is -0.113. The zero-order valence-electron chi connectivity index (χ0n) is 24.2. The minimum Gasteiger partial charge on any atom is -0.325 e. The summed E-state index contributed by atoms with van der Waals surface area (Å²) in [4.78, 5) is 12.9. The Balaban J connectivity index is 1.61. The predicted octanol–water partition coefficient (Wildman–Crippen LogP) is 7.83. The van der Waals surface area contributed by atoms with Crippen LogP contribution in [0.5, 0.6) is 0 Å². The van der Waals surface area contributed by atoms with Crippen molar-refractivity contribution >= 4 is 50.7 Å². The third-order valence-electron chi connectivity index (χ3n) is 6.78. The number of para-hydroxylation sites is 2. The predicted molar refractivity (Wildman–Crippen MR) is 172 cm³/mol. The van der Waals surface area contributed by atoms with Crippen molar-refractivity contribution < 1.29 is 13.2 Å². The Hall–Kier alpha value is -3.34. The van der Waals surface area contributed by atoms with Crippen LogP contribution in [-0.4, -0.2) is 34.8 Å². The van der Waals surface area contributed by atoms with E-state index in [4.69, 9.17) is 11.6 Å². The van der Waals surface area contributed by atoms with Crippen LogP contribution in [-0.2, 0) is 14.8 Å². The molecule has 4 rings (SSSR count). The third kappa shape index (κ3) is 8.14. The molecule has 0 radical (unpaired) electrons. The Bertz CT molecular complexity index is 1640. The average Bonchev–Trinajstić information content (AvgIpc) is 3.38. The SMILES string of the molecule is Cc1ccccc1NC(=O)CSc1nnc(-c2cccc(S(=O)(=O)Nc3ccccc3Cl)c2)n1C(C)CCCC(C)C. The third-order valence-corrected chi connectivity index (χ3v) is 9.42. The van der Waals surface area contributed by atoms with Crippen LogP contribution >= 0.6 is 23.4 Å². The molecule has 1 amide bonds. The zero-order valence-corrected chi connectivity index (χ0v) is 26.6. The van der Waals surface area contributed by atoms with Gasteiger partial charge in [0.05, 0.1) is 21.4 Å². The van der Waals surface area contributed by atoms with Crippen LogP contribution in [0.25, 0.3) is 11.4 Å². The number of anilines is 2. The molecular weight excluding hydrogens is 590 g/mol. The molecule has 0 fully saturated rings. The number of rotatable bonds is 13. The van der Waals surface area contributed by atoms with Crippen LogP contribution in [0.2, 0.25) is 5.02 Å². The van der Waals surface area contributed by atoms with E-state index in [-0.39, 0.29) is 22.6 Å². The van der Waals surface area contributed by atoms with Gasteiger partial charge in [-0.2, -0.15) is 0 Å². The van der Waals surface area contributed by atoms with E-state index in [1.807, 2.05) is 41.8 Å². The number of hydrogen-bond acceptors (Lipinski definition) is 6. The zero-order chi connectivity index (χ0) is 30.3. The Morgan fingerprint density at radius 2 is 1.67 bits per heavy atom. The van der Waals surface area contributed by atoms with Crippen molar-refractivity contribution in [3.63, 3.8) is 0 Å². The summed E-state index contributed by atoms with van der Waals surface area (Å²) in [6.45, 7) is 8.45. The maximum atomic E-state index is 13.3. The van der Waals surface area contributed by atoms with E-state index < -0.39 is 10.0 Å². The van der Waals surface area contributed by atoms with Crippen molar-refractivity contribution in [2.24, 2.45) is 5.92 Å². The van der Waals surface area contributed by atoms with Crippen LogP contribution in [0.1, 0.15) is 51.6 Å². The summed E-state index contributed by atoms with van der Waals surface area (Å²) in [6, 6.07) is 20.9. The maximum Gasteiger partial charge on any atom is 0.261 e. The second kappa shape index (κ2) is 14.2. The molecule has 1 unspecified atom stereocenters. The molecule has 0 saturated carbocycles. The molecule has 1 heterocycles. The second-order valence-electron chi connectivity index (χ2n) is 10.6. The summed E-state index contributed by atoms with van der Waals surface area (Å²) < 4.78 is 31.1. The van der Waals surface area contributed by atoms with Gasteiger partial charge in [-0.1, -0.05) is 92.5 Å². The van der Waals surface area contributed by atoms with E-state index in [2.05, 4.69) is 41.0 Å². The normalized spacial score (nSPS) is 12.3. The number of nitrogens with one attached hydrogen (secondary N) is 2. The van der Waals surface area contributed by atoms with Crippen molar-refractivity contribution in [1.29, 1.82) is 0 Å². The molecule has 222 valence electrons. The lowest BCUT2D eigenvalue weighted by Gasteiger charge is -2.19. The highest BCUT2D eigenvalue weighted by Gasteiger charge is 2.23. The summed E-state index contributed by atoms with van der Waals surface area (Å²) in [7, 11) is -3.92. The van der Waals surface area contributed by atoms with Crippen LogP contribution < -0.4 is 10.0 Å². The number of hydrogen-bond donors (Lipinski definition) is 2. The van der Waals surface area contributed by atoms with E-state index in [0.29, 0.717) is 33.2 Å². The number of amides is 1. The molecule has 0 saturated heterocycles. The quantitative estimate of drug-likeness (QED) is 0.147. The highest BCUT2D eigenvalue weighted by atomic mass is 35.5. The van der Waals surface area contributed by atoms with E-state index >= 15 is 0 Å². The first-order valence-electron chi connectivity index (χ1n) is 13.9. The molecule has 1 atom stereocenters. The molecule has 4 aromatic rings.